The average molecular weight is 495 g/mol. The maximum atomic E-state index is 13.2. The molecule has 0 radical (unpaired) electrons. The van der Waals surface area contributed by atoms with Gasteiger partial charge in [-0.15, -0.1) is 0 Å². The summed E-state index contributed by atoms with van der Waals surface area (Å²) in [4.78, 5) is 17.9. The molecule has 2 aliphatic rings. The summed E-state index contributed by atoms with van der Waals surface area (Å²) in [6.07, 6.45) is 12.5. The molecule has 2 amide bonds. The quantitative estimate of drug-likeness (QED) is 0.393. The van der Waals surface area contributed by atoms with Gasteiger partial charge in [0.1, 0.15) is 6.29 Å². The highest BCUT2D eigenvalue weighted by atomic mass is 16.2. The lowest BCUT2D eigenvalue weighted by Crippen LogP contribution is -2.69. The van der Waals surface area contributed by atoms with Crippen molar-refractivity contribution in [1.29, 1.82) is 0 Å². The van der Waals surface area contributed by atoms with E-state index in [1.807, 2.05) is 24.3 Å². The Morgan fingerprint density at radius 3 is 2.44 bits per heavy atom. The van der Waals surface area contributed by atoms with E-state index >= 15 is 0 Å². The number of fused-ring (bicyclic) bond motifs is 1. The number of benzene rings is 2. The number of anilines is 1. The van der Waals surface area contributed by atoms with Crippen LogP contribution in [0.4, 0.5) is 10.5 Å². The zero-order chi connectivity index (χ0) is 25.2. The minimum atomic E-state index is -0.184. The maximum absolute atomic E-state index is 13.2. The van der Waals surface area contributed by atoms with Gasteiger partial charge >= 0.3 is 6.03 Å². The number of hydrogen-bond donors (Lipinski definition) is 4. The summed E-state index contributed by atoms with van der Waals surface area (Å²) >= 11 is 0. The van der Waals surface area contributed by atoms with Crippen LogP contribution >= 0.6 is 0 Å². The first-order chi connectivity index (χ1) is 17.6. The summed E-state index contributed by atoms with van der Waals surface area (Å²) in [6, 6.07) is 14.6. The Balaban J connectivity index is 1.44. The van der Waals surface area contributed by atoms with E-state index in [4.69, 9.17) is 0 Å². The van der Waals surface area contributed by atoms with Crippen molar-refractivity contribution in [2.75, 3.05) is 39.0 Å². The Morgan fingerprint density at radius 1 is 0.972 bits per heavy atom. The maximum Gasteiger partial charge on any atom is 0.321 e. The molecule has 2 aromatic carbocycles. The van der Waals surface area contributed by atoms with Gasteiger partial charge in [0.15, 0.2) is 0 Å². The van der Waals surface area contributed by atoms with Crippen molar-refractivity contribution in [3.63, 3.8) is 0 Å². The van der Waals surface area contributed by atoms with E-state index in [1.165, 1.54) is 56.8 Å². The van der Waals surface area contributed by atoms with Crippen LogP contribution in [0.15, 0.2) is 42.5 Å². The first kappa shape index (κ1) is 26.9. The molecule has 4 rings (SSSR count). The van der Waals surface area contributed by atoms with E-state index in [1.54, 1.807) is 0 Å². The Hall–Kier alpha value is -2.19. The molecule has 7 heteroatoms. The molecular formula is C29H46N6O. The second kappa shape index (κ2) is 13.9. The van der Waals surface area contributed by atoms with Crippen molar-refractivity contribution in [3.8, 4) is 0 Å². The molecule has 198 valence electrons. The van der Waals surface area contributed by atoms with Crippen LogP contribution in [-0.2, 0) is 0 Å². The second-order valence-corrected chi connectivity index (χ2v) is 10.7. The number of carbonyl (C=O) groups excluding carboxylic acids is 1. The van der Waals surface area contributed by atoms with Crippen molar-refractivity contribution >= 4 is 22.5 Å². The first-order valence-electron chi connectivity index (χ1n) is 14.1. The lowest BCUT2D eigenvalue weighted by Gasteiger charge is -2.47. The topological polar surface area (TPSA) is 71.7 Å². The van der Waals surface area contributed by atoms with Crippen molar-refractivity contribution in [2.24, 2.45) is 0 Å². The molecule has 1 heterocycles. The molecule has 1 aliphatic heterocycles. The number of rotatable bonds is 8. The summed E-state index contributed by atoms with van der Waals surface area (Å²) in [7, 11) is 4.25. The number of nitrogens with one attached hydrogen (secondary N) is 4. The van der Waals surface area contributed by atoms with Crippen LogP contribution in [0.2, 0.25) is 0 Å². The van der Waals surface area contributed by atoms with Gasteiger partial charge in [-0.25, -0.2) is 4.79 Å². The highest BCUT2D eigenvalue weighted by Crippen LogP contribution is 2.26. The van der Waals surface area contributed by atoms with Crippen LogP contribution in [0.1, 0.15) is 64.2 Å². The highest BCUT2D eigenvalue weighted by molar-refractivity contribution is 5.93. The fourth-order valence-corrected chi connectivity index (χ4v) is 5.72. The highest BCUT2D eigenvalue weighted by Gasteiger charge is 2.36. The van der Waals surface area contributed by atoms with Gasteiger partial charge in [0.25, 0.3) is 0 Å². The van der Waals surface area contributed by atoms with Crippen LogP contribution in [0.3, 0.4) is 0 Å². The lowest BCUT2D eigenvalue weighted by molar-refractivity contribution is -0.00714. The number of amides is 2. The lowest BCUT2D eigenvalue weighted by atomic mass is 10.0. The fourth-order valence-electron chi connectivity index (χ4n) is 5.72. The van der Waals surface area contributed by atoms with Gasteiger partial charge in [-0.1, -0.05) is 68.9 Å². The van der Waals surface area contributed by atoms with Gasteiger partial charge in [-0.2, -0.15) is 0 Å². The molecule has 0 spiro atoms. The molecule has 0 aromatic heterocycles. The third-order valence-electron chi connectivity index (χ3n) is 7.60. The predicted octanol–water partition coefficient (Wildman–Crippen LogP) is 4.91. The van der Waals surface area contributed by atoms with E-state index in [0.29, 0.717) is 6.04 Å². The second-order valence-electron chi connectivity index (χ2n) is 10.7. The Morgan fingerprint density at radius 2 is 1.69 bits per heavy atom. The molecule has 2 unspecified atom stereocenters. The summed E-state index contributed by atoms with van der Waals surface area (Å²) in [6.45, 7) is 2.95. The minimum Gasteiger partial charge on any atom is -0.309 e. The standard InChI is InChI=1S/C29H46N6O/c1-34(2)21-11-19-30-27-18-20-31-28(35(27)26-14-7-5-3-4-6-8-15-26)33-29(36)32-25-17-16-23-12-9-10-13-24(23)22-25/h9-10,12-13,16-17,22,26-28,30-31H,3-8,11,14-15,18-21H2,1-2H3,(H2,32,33,36). The van der Waals surface area contributed by atoms with Gasteiger partial charge in [0, 0.05) is 18.3 Å². The third kappa shape index (κ3) is 7.90. The van der Waals surface area contributed by atoms with Crippen LogP contribution in [-0.4, -0.2) is 68.1 Å². The summed E-state index contributed by atoms with van der Waals surface area (Å²) in [5.74, 6) is 0. The number of carbonyl (C=O) groups is 1. The zero-order valence-electron chi connectivity index (χ0n) is 22.3. The Bertz CT molecular complexity index is 940. The summed E-state index contributed by atoms with van der Waals surface area (Å²) in [5, 5.41) is 16.1. The molecule has 1 aliphatic carbocycles. The SMILES string of the molecule is CN(C)CCCNC1CCNC(NC(=O)Nc2ccc3ccccc3c2)N1C1CCCCCCCC1. The van der Waals surface area contributed by atoms with E-state index in [0.717, 1.165) is 43.5 Å². The molecule has 0 bridgehead atoms. The largest absolute Gasteiger partial charge is 0.321 e. The van der Waals surface area contributed by atoms with Crippen LogP contribution in [0.25, 0.3) is 10.8 Å². The average Bonchev–Trinajstić information content (AvgIpc) is 3.00. The summed E-state index contributed by atoms with van der Waals surface area (Å²) < 4.78 is 0. The van der Waals surface area contributed by atoms with Crippen LogP contribution < -0.4 is 21.3 Å². The number of hydrogen-bond acceptors (Lipinski definition) is 5. The fraction of sp³-hybridized carbons (Fsp3) is 0.621. The Labute approximate surface area is 217 Å². The summed E-state index contributed by atoms with van der Waals surface area (Å²) in [5.41, 5.74) is 0.814. The molecular weight excluding hydrogens is 448 g/mol. The normalized spacial score (nSPS) is 22.6. The molecule has 36 heavy (non-hydrogen) atoms. The van der Waals surface area contributed by atoms with Crippen molar-refractivity contribution in [3.05, 3.63) is 42.5 Å². The van der Waals surface area contributed by atoms with E-state index < -0.39 is 0 Å². The molecule has 1 saturated heterocycles. The number of urea groups is 1. The van der Waals surface area contributed by atoms with Crippen LogP contribution in [0, 0.1) is 0 Å². The van der Waals surface area contributed by atoms with Gasteiger partial charge in [-0.3, -0.25) is 10.2 Å². The minimum absolute atomic E-state index is 0.163. The smallest absolute Gasteiger partial charge is 0.309 e. The molecule has 2 aromatic rings. The van der Waals surface area contributed by atoms with Gasteiger partial charge in [-0.05, 0) is 75.8 Å². The third-order valence-corrected chi connectivity index (χ3v) is 7.60. The zero-order valence-corrected chi connectivity index (χ0v) is 22.3. The molecule has 4 N–H and O–H groups in total. The molecule has 2 atom stereocenters. The van der Waals surface area contributed by atoms with Crippen molar-refractivity contribution in [1.82, 2.24) is 25.8 Å². The molecule has 1 saturated carbocycles. The van der Waals surface area contributed by atoms with E-state index in [2.05, 4.69) is 63.4 Å². The van der Waals surface area contributed by atoms with Gasteiger partial charge in [0.2, 0.25) is 0 Å². The van der Waals surface area contributed by atoms with E-state index in [-0.39, 0.29) is 18.5 Å². The molecule has 2 fully saturated rings. The molecule has 7 nitrogen and oxygen atoms in total. The van der Waals surface area contributed by atoms with E-state index in [9.17, 15) is 4.79 Å². The van der Waals surface area contributed by atoms with Crippen molar-refractivity contribution in [2.45, 2.75) is 82.7 Å². The monoisotopic (exact) mass is 494 g/mol. The first-order valence-corrected chi connectivity index (χ1v) is 14.1. The van der Waals surface area contributed by atoms with Crippen LogP contribution in [0.5, 0.6) is 0 Å². The number of nitrogens with zero attached hydrogens (tertiary/aromatic N) is 2. The van der Waals surface area contributed by atoms with Crippen molar-refractivity contribution < 1.29 is 4.79 Å². The van der Waals surface area contributed by atoms with Gasteiger partial charge in [0.05, 0.1) is 6.17 Å². The Kier molecular flexibility index (Phi) is 10.4. The van der Waals surface area contributed by atoms with Gasteiger partial charge < -0.3 is 20.9 Å². The predicted molar refractivity (Wildman–Crippen MR) is 150 cm³/mol.